The lowest BCUT2D eigenvalue weighted by Crippen LogP contribution is -2.12. The van der Waals surface area contributed by atoms with E-state index in [1.165, 1.54) is 0 Å². The lowest BCUT2D eigenvalue weighted by molar-refractivity contribution is 0.1000. The average Bonchev–Trinajstić information content (AvgIpc) is 3.15. The van der Waals surface area contributed by atoms with E-state index >= 15 is 0 Å². The van der Waals surface area contributed by atoms with Gasteiger partial charge in [0, 0.05) is 18.7 Å². The molecule has 1 fully saturated rings. The summed E-state index contributed by atoms with van der Waals surface area (Å²) >= 11 is 0. The van der Waals surface area contributed by atoms with E-state index < -0.39 is 5.91 Å². The van der Waals surface area contributed by atoms with Gasteiger partial charge >= 0.3 is 0 Å². The predicted molar refractivity (Wildman–Crippen MR) is 75.7 cm³/mol. The lowest BCUT2D eigenvalue weighted by Gasteiger charge is -2.13. The quantitative estimate of drug-likeness (QED) is 0.859. The number of primary amides is 1. The molecule has 110 valence electrons. The van der Waals surface area contributed by atoms with Crippen LogP contribution in [0.4, 0.5) is 0 Å². The van der Waals surface area contributed by atoms with Gasteiger partial charge in [-0.2, -0.15) is 0 Å². The summed E-state index contributed by atoms with van der Waals surface area (Å²) in [6, 6.07) is 6.91. The Labute approximate surface area is 121 Å². The van der Waals surface area contributed by atoms with Gasteiger partial charge in [-0.1, -0.05) is 5.21 Å². The van der Waals surface area contributed by atoms with Crippen LogP contribution in [0, 0.1) is 0 Å². The zero-order valence-corrected chi connectivity index (χ0v) is 11.5. The first-order valence-electron chi connectivity index (χ1n) is 6.87. The second-order valence-corrected chi connectivity index (χ2v) is 4.95. The van der Waals surface area contributed by atoms with Crippen LogP contribution in [0.1, 0.15) is 40.7 Å². The van der Waals surface area contributed by atoms with E-state index in [9.17, 15) is 4.79 Å². The summed E-state index contributed by atoms with van der Waals surface area (Å²) in [5, 5.41) is 8.30. The number of rotatable bonds is 4. The van der Waals surface area contributed by atoms with E-state index in [-0.39, 0.29) is 6.10 Å². The van der Waals surface area contributed by atoms with E-state index in [1.807, 2.05) is 0 Å². The number of nitrogens with two attached hydrogens (primary N) is 2. The highest BCUT2D eigenvalue weighted by Gasteiger charge is 2.26. The first-order chi connectivity index (χ1) is 10.2. The van der Waals surface area contributed by atoms with Crippen LogP contribution >= 0.6 is 0 Å². The number of hydrogen-bond donors (Lipinski definition) is 2. The molecule has 1 saturated heterocycles. The second-order valence-electron chi connectivity index (χ2n) is 4.95. The molecule has 4 N–H and O–H groups in total. The third-order valence-corrected chi connectivity index (χ3v) is 3.60. The van der Waals surface area contributed by atoms with Crippen molar-refractivity contribution in [2.75, 3.05) is 6.61 Å². The molecule has 2 heterocycles. The van der Waals surface area contributed by atoms with Crippen molar-refractivity contribution in [1.29, 1.82) is 0 Å². The number of aromatic nitrogens is 3. The summed E-state index contributed by atoms with van der Waals surface area (Å²) < 4.78 is 7.46. The molecule has 0 aliphatic carbocycles. The van der Waals surface area contributed by atoms with Crippen LogP contribution in [-0.4, -0.2) is 27.5 Å². The molecule has 0 bridgehead atoms. The van der Waals surface area contributed by atoms with Crippen molar-refractivity contribution in [3.63, 3.8) is 0 Å². The Morgan fingerprint density at radius 3 is 2.71 bits per heavy atom. The average molecular weight is 287 g/mol. The van der Waals surface area contributed by atoms with Crippen LogP contribution in [0.25, 0.3) is 5.69 Å². The molecule has 0 saturated carbocycles. The van der Waals surface area contributed by atoms with Crippen molar-refractivity contribution < 1.29 is 9.53 Å². The van der Waals surface area contributed by atoms with Gasteiger partial charge in [0.1, 0.15) is 11.8 Å². The van der Waals surface area contributed by atoms with Gasteiger partial charge in [-0.25, -0.2) is 4.68 Å². The molecular formula is C14H17N5O2. The Balaban J connectivity index is 2.01. The van der Waals surface area contributed by atoms with Crippen LogP contribution in [-0.2, 0) is 11.3 Å². The molecule has 1 aromatic carbocycles. The minimum Gasteiger partial charge on any atom is -0.372 e. The zero-order chi connectivity index (χ0) is 14.8. The summed E-state index contributed by atoms with van der Waals surface area (Å²) in [7, 11) is 0. The van der Waals surface area contributed by atoms with E-state index in [1.54, 1.807) is 28.9 Å². The summed E-state index contributed by atoms with van der Waals surface area (Å²) in [6.07, 6.45) is 1.91. The molecule has 0 spiro atoms. The number of nitrogens with zero attached hydrogens (tertiary/aromatic N) is 3. The van der Waals surface area contributed by atoms with Crippen molar-refractivity contribution >= 4 is 5.91 Å². The number of amides is 1. The Kier molecular flexibility index (Phi) is 3.68. The van der Waals surface area contributed by atoms with E-state index in [0.717, 1.165) is 36.5 Å². The van der Waals surface area contributed by atoms with Crippen molar-refractivity contribution in [2.45, 2.75) is 25.5 Å². The molecule has 1 unspecified atom stereocenters. The Morgan fingerprint density at radius 1 is 1.38 bits per heavy atom. The number of carbonyl (C=O) groups excluding carboxylic acids is 1. The van der Waals surface area contributed by atoms with Gasteiger partial charge in [-0.3, -0.25) is 4.79 Å². The standard InChI is InChI=1S/C14H17N5O2/c15-8-11-13(12-2-1-7-21-12)19(18-17-11)10-5-3-9(4-6-10)14(16)20/h3-6,12H,1-2,7-8,15H2,(H2,16,20). The molecule has 7 heteroatoms. The molecule has 1 atom stereocenters. The maximum absolute atomic E-state index is 11.1. The Morgan fingerprint density at radius 2 is 2.14 bits per heavy atom. The SMILES string of the molecule is NCc1nnn(-c2ccc(C(N)=O)cc2)c1C1CCCO1. The number of ether oxygens (including phenoxy) is 1. The van der Waals surface area contributed by atoms with Crippen molar-refractivity contribution in [1.82, 2.24) is 15.0 Å². The summed E-state index contributed by atoms with van der Waals surface area (Å²) in [5.41, 5.74) is 13.9. The molecule has 1 amide bonds. The van der Waals surface area contributed by atoms with Crippen LogP contribution in [0.5, 0.6) is 0 Å². The number of benzene rings is 1. The molecule has 1 aliphatic heterocycles. The molecule has 1 aromatic heterocycles. The van der Waals surface area contributed by atoms with Crippen LogP contribution in [0.15, 0.2) is 24.3 Å². The van der Waals surface area contributed by atoms with Gasteiger partial charge < -0.3 is 16.2 Å². The van der Waals surface area contributed by atoms with Gasteiger partial charge in [-0.15, -0.1) is 5.10 Å². The topological polar surface area (TPSA) is 109 Å². The highest BCUT2D eigenvalue weighted by atomic mass is 16.5. The van der Waals surface area contributed by atoms with Crippen LogP contribution in [0.3, 0.4) is 0 Å². The summed E-state index contributed by atoms with van der Waals surface area (Å²) in [4.78, 5) is 11.1. The van der Waals surface area contributed by atoms with Gasteiger partial charge in [0.05, 0.1) is 11.4 Å². The first kappa shape index (κ1) is 13.7. The summed E-state index contributed by atoms with van der Waals surface area (Å²) in [6.45, 7) is 1.05. The second kappa shape index (κ2) is 5.63. The molecular weight excluding hydrogens is 270 g/mol. The summed E-state index contributed by atoms with van der Waals surface area (Å²) in [5.74, 6) is -0.456. The molecule has 1 aliphatic rings. The molecule has 21 heavy (non-hydrogen) atoms. The Hall–Kier alpha value is -2.25. The highest BCUT2D eigenvalue weighted by molar-refractivity contribution is 5.92. The monoisotopic (exact) mass is 287 g/mol. The third-order valence-electron chi connectivity index (χ3n) is 3.60. The largest absolute Gasteiger partial charge is 0.372 e. The zero-order valence-electron chi connectivity index (χ0n) is 11.5. The van der Waals surface area contributed by atoms with Gasteiger partial charge in [-0.05, 0) is 37.1 Å². The maximum Gasteiger partial charge on any atom is 0.248 e. The van der Waals surface area contributed by atoms with Crippen LogP contribution < -0.4 is 11.5 Å². The fourth-order valence-electron chi connectivity index (χ4n) is 2.54. The highest BCUT2D eigenvalue weighted by Crippen LogP contribution is 2.31. The van der Waals surface area contributed by atoms with E-state index in [4.69, 9.17) is 16.2 Å². The molecule has 7 nitrogen and oxygen atoms in total. The third kappa shape index (κ3) is 2.53. The van der Waals surface area contributed by atoms with E-state index in [2.05, 4.69) is 10.3 Å². The smallest absolute Gasteiger partial charge is 0.248 e. The number of carbonyl (C=O) groups is 1. The molecule has 2 aromatic rings. The van der Waals surface area contributed by atoms with Gasteiger partial charge in [0.15, 0.2) is 0 Å². The maximum atomic E-state index is 11.1. The Bertz CT molecular complexity index is 644. The minimum atomic E-state index is -0.456. The van der Waals surface area contributed by atoms with Gasteiger partial charge in [0.25, 0.3) is 0 Å². The van der Waals surface area contributed by atoms with Crippen LogP contribution in [0.2, 0.25) is 0 Å². The molecule has 0 radical (unpaired) electrons. The fraction of sp³-hybridized carbons (Fsp3) is 0.357. The lowest BCUT2D eigenvalue weighted by atomic mass is 10.1. The number of hydrogen-bond acceptors (Lipinski definition) is 5. The molecule has 3 rings (SSSR count). The van der Waals surface area contributed by atoms with Crippen molar-refractivity contribution in [3.05, 3.63) is 41.2 Å². The first-order valence-corrected chi connectivity index (χ1v) is 6.87. The van der Waals surface area contributed by atoms with Crippen molar-refractivity contribution in [2.24, 2.45) is 11.5 Å². The fourth-order valence-corrected chi connectivity index (χ4v) is 2.54. The van der Waals surface area contributed by atoms with Gasteiger partial charge in [0.2, 0.25) is 5.91 Å². The predicted octanol–water partition coefficient (Wildman–Crippen LogP) is 0.676. The van der Waals surface area contributed by atoms with Crippen molar-refractivity contribution in [3.8, 4) is 5.69 Å². The minimum absolute atomic E-state index is 0.0330. The van der Waals surface area contributed by atoms with E-state index in [0.29, 0.717) is 12.1 Å². The normalized spacial score (nSPS) is 18.0.